The third-order valence-electron chi connectivity index (χ3n) is 3.67. The van der Waals surface area contributed by atoms with E-state index in [0.29, 0.717) is 31.1 Å². The molecule has 0 spiro atoms. The van der Waals surface area contributed by atoms with E-state index in [0.717, 1.165) is 5.56 Å². The van der Waals surface area contributed by atoms with Crippen molar-refractivity contribution in [2.45, 2.75) is 18.2 Å². The Hall–Kier alpha value is -1.31. The average molecular weight is 347 g/mol. The molecular weight excluding hydrogens is 328 g/mol. The summed E-state index contributed by atoms with van der Waals surface area (Å²) in [6, 6.07) is 4.71. The van der Waals surface area contributed by atoms with Crippen LogP contribution in [0.3, 0.4) is 0 Å². The van der Waals surface area contributed by atoms with Gasteiger partial charge in [0.05, 0.1) is 12.0 Å². The molecule has 0 aliphatic carbocycles. The maximum Gasteiger partial charge on any atom is 0.409 e. The second-order valence-electron chi connectivity index (χ2n) is 5.13. The number of nitrogens with zero attached hydrogens (tertiary/aromatic N) is 2. The van der Waals surface area contributed by atoms with Crippen LogP contribution >= 0.6 is 11.6 Å². The molecule has 6 nitrogen and oxygen atoms in total. The zero-order valence-electron chi connectivity index (χ0n) is 12.6. The maximum absolute atomic E-state index is 12.7. The van der Waals surface area contributed by atoms with Crippen LogP contribution in [0.2, 0.25) is 5.02 Å². The molecule has 1 amide bonds. The molecule has 1 aromatic carbocycles. The maximum atomic E-state index is 12.7. The third kappa shape index (κ3) is 3.53. The van der Waals surface area contributed by atoms with Gasteiger partial charge in [-0.3, -0.25) is 0 Å². The van der Waals surface area contributed by atoms with Gasteiger partial charge in [0.1, 0.15) is 0 Å². The molecule has 0 saturated carbocycles. The summed E-state index contributed by atoms with van der Waals surface area (Å²) in [6.07, 6.45) is 0.131. The summed E-state index contributed by atoms with van der Waals surface area (Å²) in [5.41, 5.74) is 0.827. The fourth-order valence-corrected chi connectivity index (χ4v) is 4.07. The van der Waals surface area contributed by atoms with Gasteiger partial charge in [-0.25, -0.2) is 13.2 Å². The van der Waals surface area contributed by atoms with Crippen molar-refractivity contribution in [3.8, 4) is 0 Å². The fourth-order valence-electron chi connectivity index (χ4n) is 2.33. The van der Waals surface area contributed by atoms with Gasteiger partial charge in [-0.2, -0.15) is 4.31 Å². The van der Waals surface area contributed by atoms with Gasteiger partial charge in [0, 0.05) is 31.2 Å². The second-order valence-corrected chi connectivity index (χ2v) is 7.47. The van der Waals surface area contributed by atoms with Crippen molar-refractivity contribution in [3.63, 3.8) is 0 Å². The van der Waals surface area contributed by atoms with Crippen molar-refractivity contribution in [2.75, 3.05) is 33.3 Å². The Kier molecular flexibility index (Phi) is 5.31. The lowest BCUT2D eigenvalue weighted by atomic mass is 10.2. The van der Waals surface area contributed by atoms with Crippen molar-refractivity contribution in [2.24, 2.45) is 0 Å². The van der Waals surface area contributed by atoms with Gasteiger partial charge in [0.15, 0.2) is 0 Å². The Bertz CT molecular complexity index is 663. The highest BCUT2D eigenvalue weighted by Gasteiger charge is 2.28. The number of hydrogen-bond acceptors (Lipinski definition) is 4. The summed E-state index contributed by atoms with van der Waals surface area (Å²) in [7, 11) is -2.29. The molecule has 0 unspecified atom stereocenters. The summed E-state index contributed by atoms with van der Waals surface area (Å²) in [5.74, 6) is 0. The topological polar surface area (TPSA) is 66.9 Å². The standard InChI is InChI=1S/C14H19ClN2O4S/c1-11-4-5-12(10-13(11)15)22(19,20)17-7-3-6-16(8-9-17)14(18)21-2/h4-5,10H,3,6-9H2,1-2H3. The number of carbonyl (C=O) groups is 1. The molecular formula is C14H19ClN2O4S. The van der Waals surface area contributed by atoms with Crippen molar-refractivity contribution in [1.29, 1.82) is 0 Å². The van der Waals surface area contributed by atoms with Gasteiger partial charge in [0.2, 0.25) is 10.0 Å². The molecule has 22 heavy (non-hydrogen) atoms. The minimum absolute atomic E-state index is 0.176. The van der Waals surface area contributed by atoms with E-state index in [1.807, 2.05) is 6.92 Å². The van der Waals surface area contributed by atoms with Crippen molar-refractivity contribution >= 4 is 27.7 Å². The highest BCUT2D eigenvalue weighted by molar-refractivity contribution is 7.89. The summed E-state index contributed by atoms with van der Waals surface area (Å²) in [6.45, 7) is 3.21. The number of amides is 1. The normalized spacial score (nSPS) is 17.1. The summed E-state index contributed by atoms with van der Waals surface area (Å²) >= 11 is 6.02. The smallest absolute Gasteiger partial charge is 0.409 e. The summed E-state index contributed by atoms with van der Waals surface area (Å²) in [5, 5.41) is 0.423. The molecule has 1 aliphatic heterocycles. The average Bonchev–Trinajstić information content (AvgIpc) is 2.75. The number of ether oxygens (including phenoxy) is 1. The monoisotopic (exact) mass is 346 g/mol. The number of carbonyl (C=O) groups excluding carboxylic acids is 1. The van der Waals surface area contributed by atoms with Gasteiger partial charge in [-0.05, 0) is 31.0 Å². The van der Waals surface area contributed by atoms with Crippen molar-refractivity contribution in [3.05, 3.63) is 28.8 Å². The molecule has 0 bridgehead atoms. The van der Waals surface area contributed by atoms with Crippen LogP contribution in [-0.4, -0.2) is 57.0 Å². The molecule has 8 heteroatoms. The molecule has 1 aliphatic rings. The van der Waals surface area contributed by atoms with Crippen LogP contribution in [0.15, 0.2) is 23.1 Å². The highest BCUT2D eigenvalue weighted by Crippen LogP contribution is 2.23. The second kappa shape index (κ2) is 6.85. The SMILES string of the molecule is COC(=O)N1CCCN(S(=O)(=O)c2ccc(C)c(Cl)c2)CC1. The Balaban J connectivity index is 2.19. The highest BCUT2D eigenvalue weighted by atomic mass is 35.5. The first-order chi connectivity index (χ1) is 10.4. The van der Waals surface area contributed by atoms with Crippen LogP contribution in [-0.2, 0) is 14.8 Å². The first-order valence-corrected chi connectivity index (χ1v) is 8.77. The molecule has 0 atom stereocenters. The molecule has 0 aromatic heterocycles. The summed E-state index contributed by atoms with van der Waals surface area (Å²) < 4.78 is 31.4. The number of halogens is 1. The van der Waals surface area contributed by atoms with Gasteiger partial charge in [-0.1, -0.05) is 17.7 Å². The number of rotatable bonds is 2. The van der Waals surface area contributed by atoms with E-state index in [2.05, 4.69) is 4.74 Å². The van der Waals surface area contributed by atoms with E-state index in [-0.39, 0.29) is 11.4 Å². The van der Waals surface area contributed by atoms with Gasteiger partial charge in [0.25, 0.3) is 0 Å². The largest absolute Gasteiger partial charge is 0.453 e. The molecule has 1 aromatic rings. The minimum atomic E-state index is -3.61. The molecule has 122 valence electrons. The Morgan fingerprint density at radius 1 is 1.23 bits per heavy atom. The van der Waals surface area contributed by atoms with Gasteiger partial charge in [-0.15, -0.1) is 0 Å². The predicted molar refractivity (Wildman–Crippen MR) is 83.5 cm³/mol. The zero-order valence-corrected chi connectivity index (χ0v) is 14.2. The molecule has 0 N–H and O–H groups in total. The van der Waals surface area contributed by atoms with E-state index < -0.39 is 16.1 Å². The quantitative estimate of drug-likeness (QED) is 0.822. The van der Waals surface area contributed by atoms with E-state index >= 15 is 0 Å². The van der Waals surface area contributed by atoms with Crippen molar-refractivity contribution < 1.29 is 17.9 Å². The zero-order chi connectivity index (χ0) is 16.3. The molecule has 1 heterocycles. The van der Waals surface area contributed by atoms with Crippen LogP contribution < -0.4 is 0 Å². The molecule has 1 fully saturated rings. The van der Waals surface area contributed by atoms with Crippen LogP contribution in [0.4, 0.5) is 4.79 Å². The Morgan fingerprint density at radius 2 is 1.95 bits per heavy atom. The van der Waals surface area contributed by atoms with E-state index in [4.69, 9.17) is 11.6 Å². The number of sulfonamides is 1. The number of aryl methyl sites for hydroxylation is 1. The van der Waals surface area contributed by atoms with Gasteiger partial charge < -0.3 is 9.64 Å². The predicted octanol–water partition coefficient (Wildman–Crippen LogP) is 2.11. The summed E-state index contributed by atoms with van der Waals surface area (Å²) in [4.78, 5) is 13.2. The third-order valence-corrected chi connectivity index (χ3v) is 5.97. The Labute approximate surface area is 135 Å². The fraction of sp³-hybridized carbons (Fsp3) is 0.500. The number of benzene rings is 1. The lowest BCUT2D eigenvalue weighted by Crippen LogP contribution is -2.37. The van der Waals surface area contributed by atoms with Crippen molar-refractivity contribution in [1.82, 2.24) is 9.21 Å². The van der Waals surface area contributed by atoms with E-state index in [1.165, 1.54) is 22.4 Å². The lowest BCUT2D eigenvalue weighted by molar-refractivity contribution is 0.126. The Morgan fingerprint density at radius 3 is 2.59 bits per heavy atom. The van der Waals surface area contributed by atoms with Crippen LogP contribution in [0, 0.1) is 6.92 Å². The van der Waals surface area contributed by atoms with Crippen LogP contribution in [0.1, 0.15) is 12.0 Å². The van der Waals surface area contributed by atoms with Gasteiger partial charge >= 0.3 is 6.09 Å². The van der Waals surface area contributed by atoms with E-state index in [9.17, 15) is 13.2 Å². The number of methoxy groups -OCH3 is 1. The van der Waals surface area contributed by atoms with E-state index in [1.54, 1.807) is 12.1 Å². The number of hydrogen-bond donors (Lipinski definition) is 0. The minimum Gasteiger partial charge on any atom is -0.453 e. The van der Waals surface area contributed by atoms with Crippen LogP contribution in [0.5, 0.6) is 0 Å². The molecule has 2 rings (SSSR count). The van der Waals surface area contributed by atoms with Crippen LogP contribution in [0.25, 0.3) is 0 Å². The first kappa shape index (κ1) is 17.1. The first-order valence-electron chi connectivity index (χ1n) is 6.95. The molecule has 0 radical (unpaired) electrons. The lowest BCUT2D eigenvalue weighted by Gasteiger charge is -2.21. The molecule has 1 saturated heterocycles.